The Morgan fingerprint density at radius 2 is 0.667 bits per heavy atom. The van der Waals surface area contributed by atoms with E-state index in [1.807, 2.05) is 0 Å². The molecular weight excluding hydrogens is 290 g/mol. The van der Waals surface area contributed by atoms with Gasteiger partial charge in [0.05, 0.1) is 0 Å². The third-order valence-corrected chi connectivity index (χ3v) is 8.74. The maximum absolute atomic E-state index is 6.62. The zero-order chi connectivity index (χ0) is 16.4. The molecular formula is C23H41N. The molecule has 0 bridgehead atoms. The lowest BCUT2D eigenvalue weighted by Gasteiger charge is -2.36. The van der Waals surface area contributed by atoms with Crippen LogP contribution in [-0.2, 0) is 0 Å². The maximum atomic E-state index is 6.62. The first kappa shape index (κ1) is 17.4. The van der Waals surface area contributed by atoms with Gasteiger partial charge in [-0.25, -0.2) is 0 Å². The molecule has 1 nitrogen and oxygen atoms in total. The van der Waals surface area contributed by atoms with Gasteiger partial charge in [0, 0.05) is 6.04 Å². The molecule has 0 heterocycles. The van der Waals surface area contributed by atoms with Crippen LogP contribution in [0.15, 0.2) is 0 Å². The minimum atomic E-state index is 0.510. The zero-order valence-corrected chi connectivity index (χ0v) is 15.9. The molecule has 0 radical (unpaired) electrons. The summed E-state index contributed by atoms with van der Waals surface area (Å²) in [5.74, 6) is 6.20. The quantitative estimate of drug-likeness (QED) is 0.603. The molecule has 24 heavy (non-hydrogen) atoms. The summed E-state index contributed by atoms with van der Waals surface area (Å²) in [6, 6.07) is 0.510. The van der Waals surface area contributed by atoms with Gasteiger partial charge in [-0.2, -0.15) is 0 Å². The summed E-state index contributed by atoms with van der Waals surface area (Å²) in [7, 11) is 0. The lowest BCUT2D eigenvalue weighted by atomic mass is 9.69. The molecule has 4 saturated carbocycles. The molecule has 0 aliphatic heterocycles. The molecule has 0 aromatic heterocycles. The Morgan fingerprint density at radius 3 is 1.12 bits per heavy atom. The van der Waals surface area contributed by atoms with Crippen LogP contribution in [0.3, 0.4) is 0 Å². The summed E-state index contributed by atoms with van der Waals surface area (Å²) in [6.07, 6.45) is 24.0. The summed E-state index contributed by atoms with van der Waals surface area (Å²) in [6.45, 7) is 0. The van der Waals surface area contributed by atoms with E-state index < -0.39 is 0 Å². The van der Waals surface area contributed by atoms with Gasteiger partial charge in [0.2, 0.25) is 0 Å². The monoisotopic (exact) mass is 331 g/mol. The summed E-state index contributed by atoms with van der Waals surface area (Å²) in [5.41, 5.74) is 6.62. The van der Waals surface area contributed by atoms with Gasteiger partial charge in [0.25, 0.3) is 0 Å². The highest BCUT2D eigenvalue weighted by atomic mass is 14.6. The van der Waals surface area contributed by atoms with E-state index in [1.54, 1.807) is 25.7 Å². The first-order valence-electron chi connectivity index (χ1n) is 11.5. The van der Waals surface area contributed by atoms with E-state index in [2.05, 4.69) is 0 Å². The molecule has 0 aromatic rings. The van der Waals surface area contributed by atoms with Crippen molar-refractivity contribution in [3.8, 4) is 0 Å². The lowest BCUT2D eigenvalue weighted by Crippen LogP contribution is -2.29. The van der Waals surface area contributed by atoms with Crippen molar-refractivity contribution in [2.24, 2.45) is 41.2 Å². The van der Waals surface area contributed by atoms with E-state index in [-0.39, 0.29) is 0 Å². The highest BCUT2D eigenvalue weighted by Crippen LogP contribution is 2.46. The van der Waals surface area contributed by atoms with E-state index in [1.165, 1.54) is 77.0 Å². The predicted octanol–water partition coefficient (Wildman–Crippen LogP) is 6.31. The highest BCUT2D eigenvalue weighted by Gasteiger charge is 2.36. The van der Waals surface area contributed by atoms with Crippen LogP contribution in [0.25, 0.3) is 0 Å². The average Bonchev–Trinajstić information content (AvgIpc) is 3.28. The van der Waals surface area contributed by atoms with Crippen molar-refractivity contribution in [1.82, 2.24) is 0 Å². The normalized spacial score (nSPS) is 43.1. The van der Waals surface area contributed by atoms with Crippen molar-refractivity contribution < 1.29 is 0 Å². The molecule has 0 spiro atoms. The van der Waals surface area contributed by atoms with Crippen LogP contribution in [0, 0.1) is 35.5 Å². The maximum Gasteiger partial charge on any atom is 0.00443 e. The second-order valence-corrected chi connectivity index (χ2v) is 10.1. The number of hydrogen-bond donors (Lipinski definition) is 1. The van der Waals surface area contributed by atoms with Crippen LogP contribution in [0.1, 0.15) is 103 Å². The van der Waals surface area contributed by atoms with Gasteiger partial charge in [0.15, 0.2) is 0 Å². The minimum absolute atomic E-state index is 0.510. The summed E-state index contributed by atoms with van der Waals surface area (Å²) >= 11 is 0. The topological polar surface area (TPSA) is 26.0 Å². The smallest absolute Gasteiger partial charge is 0.00443 e. The largest absolute Gasteiger partial charge is 0.328 e. The van der Waals surface area contributed by atoms with Gasteiger partial charge in [-0.3, -0.25) is 0 Å². The Balaban J connectivity index is 1.28. The van der Waals surface area contributed by atoms with Gasteiger partial charge in [-0.15, -0.1) is 0 Å². The molecule has 1 heteroatoms. The van der Waals surface area contributed by atoms with Crippen molar-refractivity contribution in [3.63, 3.8) is 0 Å². The Labute approximate surface area is 150 Å². The van der Waals surface area contributed by atoms with E-state index in [0.717, 1.165) is 35.5 Å². The van der Waals surface area contributed by atoms with Crippen LogP contribution in [-0.4, -0.2) is 6.04 Å². The molecule has 0 amide bonds. The van der Waals surface area contributed by atoms with Crippen molar-refractivity contribution in [2.75, 3.05) is 0 Å². The van der Waals surface area contributed by atoms with E-state index in [4.69, 9.17) is 5.73 Å². The highest BCUT2D eigenvalue weighted by molar-refractivity contribution is 4.88. The van der Waals surface area contributed by atoms with Crippen molar-refractivity contribution in [1.29, 1.82) is 0 Å². The first-order chi connectivity index (χ1) is 11.8. The van der Waals surface area contributed by atoms with Crippen LogP contribution >= 0.6 is 0 Å². The number of nitrogens with two attached hydrogens (primary N) is 1. The van der Waals surface area contributed by atoms with Gasteiger partial charge in [-0.1, -0.05) is 51.4 Å². The fraction of sp³-hybridized carbons (Fsp3) is 1.00. The number of rotatable bonds is 3. The van der Waals surface area contributed by atoms with Crippen LogP contribution in [0.5, 0.6) is 0 Å². The average molecular weight is 332 g/mol. The van der Waals surface area contributed by atoms with Crippen LogP contribution in [0.4, 0.5) is 0 Å². The molecule has 4 fully saturated rings. The molecule has 0 saturated heterocycles. The Morgan fingerprint density at radius 1 is 0.375 bits per heavy atom. The molecule has 4 rings (SSSR count). The van der Waals surface area contributed by atoms with Gasteiger partial charge in [-0.05, 0) is 86.9 Å². The predicted molar refractivity (Wildman–Crippen MR) is 103 cm³/mol. The Kier molecular flexibility index (Phi) is 5.87. The summed E-state index contributed by atoms with van der Waals surface area (Å²) in [4.78, 5) is 0. The van der Waals surface area contributed by atoms with Crippen molar-refractivity contribution in [3.05, 3.63) is 0 Å². The summed E-state index contributed by atoms with van der Waals surface area (Å²) in [5, 5.41) is 0. The van der Waals surface area contributed by atoms with Crippen molar-refractivity contribution >= 4 is 0 Å². The molecule has 4 aliphatic rings. The number of hydrogen-bond acceptors (Lipinski definition) is 1. The lowest BCUT2D eigenvalue weighted by molar-refractivity contribution is 0.151. The molecule has 3 unspecified atom stereocenters. The third kappa shape index (κ3) is 4.02. The van der Waals surface area contributed by atoms with Gasteiger partial charge in [0.1, 0.15) is 0 Å². The SMILES string of the molecule is NC1CC(C2CCCC2)CCC(C2CCC(C3CCCC3)CC2)C1. The fourth-order valence-electron chi connectivity index (χ4n) is 7.34. The second-order valence-electron chi connectivity index (χ2n) is 10.1. The Hall–Kier alpha value is -0.0400. The summed E-state index contributed by atoms with van der Waals surface area (Å²) < 4.78 is 0. The van der Waals surface area contributed by atoms with Crippen molar-refractivity contribution in [2.45, 2.75) is 109 Å². The van der Waals surface area contributed by atoms with Crippen LogP contribution < -0.4 is 5.73 Å². The van der Waals surface area contributed by atoms with Gasteiger partial charge < -0.3 is 5.73 Å². The second kappa shape index (κ2) is 8.11. The van der Waals surface area contributed by atoms with E-state index in [0.29, 0.717) is 6.04 Å². The first-order valence-corrected chi connectivity index (χ1v) is 11.5. The zero-order valence-electron chi connectivity index (χ0n) is 15.9. The Bertz CT molecular complexity index is 371. The van der Waals surface area contributed by atoms with E-state index in [9.17, 15) is 0 Å². The molecule has 4 aliphatic carbocycles. The molecule has 0 aromatic carbocycles. The standard InChI is InChI=1S/C23H41N/c24-23-15-21(18-7-3-4-8-18)13-14-22(16-23)20-11-9-19(10-12-20)17-5-1-2-6-17/h17-23H,1-16,24H2. The molecule has 3 atom stereocenters. The van der Waals surface area contributed by atoms with Gasteiger partial charge >= 0.3 is 0 Å². The third-order valence-electron chi connectivity index (χ3n) is 8.74. The molecule has 2 N–H and O–H groups in total. The minimum Gasteiger partial charge on any atom is -0.328 e. The van der Waals surface area contributed by atoms with Crippen LogP contribution in [0.2, 0.25) is 0 Å². The molecule has 138 valence electrons. The fourth-order valence-corrected chi connectivity index (χ4v) is 7.34. The van der Waals surface area contributed by atoms with E-state index >= 15 is 0 Å².